The molecule has 0 aromatic heterocycles. The summed E-state index contributed by atoms with van der Waals surface area (Å²) in [6, 6.07) is 0. The summed E-state index contributed by atoms with van der Waals surface area (Å²) in [6.07, 6.45) is 8.11. The molecule has 5 aliphatic rings. The number of carbonyl (C=O) groups is 2. The number of aliphatic hydroxyl groups excluding tert-OH is 1. The topological polar surface area (TPSA) is 102 Å². The van der Waals surface area contributed by atoms with Gasteiger partial charge in [-0.05, 0) is 80.6 Å². The van der Waals surface area contributed by atoms with E-state index in [0.29, 0.717) is 12.8 Å². The highest BCUT2D eigenvalue weighted by atomic mass is 16.7. The molecule has 2 N–H and O–H groups in total. The summed E-state index contributed by atoms with van der Waals surface area (Å²) in [4.78, 5) is 25.5. The van der Waals surface area contributed by atoms with E-state index in [1.54, 1.807) is 27.0 Å². The molecule has 7 nitrogen and oxygen atoms in total. The van der Waals surface area contributed by atoms with E-state index < -0.39 is 29.5 Å². The molecule has 0 unspecified atom stereocenters. The minimum Gasteiger partial charge on any atom is -0.462 e. The molecule has 4 aliphatic carbocycles. The van der Waals surface area contributed by atoms with Crippen LogP contribution in [0.15, 0.2) is 23.8 Å². The fourth-order valence-corrected chi connectivity index (χ4v) is 10.3. The van der Waals surface area contributed by atoms with Gasteiger partial charge in [-0.3, -0.25) is 9.59 Å². The van der Waals surface area contributed by atoms with Crippen molar-refractivity contribution in [3.8, 4) is 0 Å². The third kappa shape index (κ3) is 4.12. The van der Waals surface area contributed by atoms with E-state index in [2.05, 4.69) is 46.8 Å². The molecule has 1 saturated heterocycles. The molecule has 1 heterocycles. The maximum Gasteiger partial charge on any atom is 0.302 e. The van der Waals surface area contributed by atoms with Crippen LogP contribution in [0.4, 0.5) is 0 Å². The summed E-state index contributed by atoms with van der Waals surface area (Å²) in [5.74, 6) is 0.442. The number of hydrogen-bond donors (Lipinski definition) is 2. The van der Waals surface area contributed by atoms with Gasteiger partial charge in [0.25, 0.3) is 0 Å². The Morgan fingerprint density at radius 1 is 1.15 bits per heavy atom. The van der Waals surface area contributed by atoms with Crippen LogP contribution in [-0.2, 0) is 23.8 Å². The second kappa shape index (κ2) is 9.48. The van der Waals surface area contributed by atoms with E-state index in [1.165, 1.54) is 12.5 Å². The van der Waals surface area contributed by atoms with Crippen molar-refractivity contribution in [2.75, 3.05) is 7.11 Å². The summed E-state index contributed by atoms with van der Waals surface area (Å²) in [5.41, 5.74) is -1.18. The summed E-state index contributed by atoms with van der Waals surface area (Å²) >= 11 is 0. The monoisotopic (exact) mass is 558 g/mol. The first-order chi connectivity index (χ1) is 18.4. The van der Waals surface area contributed by atoms with Crippen LogP contribution < -0.4 is 0 Å². The molecular weight excluding hydrogens is 508 g/mol. The van der Waals surface area contributed by atoms with Crippen molar-refractivity contribution in [2.24, 2.45) is 45.3 Å². The molecule has 2 saturated carbocycles. The van der Waals surface area contributed by atoms with Crippen LogP contribution in [0, 0.1) is 45.3 Å². The van der Waals surface area contributed by atoms with Crippen LogP contribution in [0.3, 0.4) is 0 Å². The maximum absolute atomic E-state index is 13.0. The first kappa shape index (κ1) is 29.9. The van der Waals surface area contributed by atoms with E-state index >= 15 is 0 Å². The number of methoxy groups -OCH3 is 1. The van der Waals surface area contributed by atoms with Crippen LogP contribution in [0.5, 0.6) is 0 Å². The first-order valence-electron chi connectivity index (χ1n) is 15.1. The summed E-state index contributed by atoms with van der Waals surface area (Å²) in [7, 11) is 1.65. The van der Waals surface area contributed by atoms with Crippen molar-refractivity contribution < 1.29 is 34.0 Å². The van der Waals surface area contributed by atoms with Crippen molar-refractivity contribution in [2.45, 2.75) is 118 Å². The predicted molar refractivity (Wildman–Crippen MR) is 151 cm³/mol. The molecule has 11 atom stereocenters. The smallest absolute Gasteiger partial charge is 0.302 e. The van der Waals surface area contributed by atoms with Crippen LogP contribution in [0.25, 0.3) is 0 Å². The first-order valence-corrected chi connectivity index (χ1v) is 15.1. The predicted octanol–water partition coefficient (Wildman–Crippen LogP) is 4.99. The number of carbonyl (C=O) groups excluding carboxylic acids is 2. The van der Waals surface area contributed by atoms with Gasteiger partial charge < -0.3 is 24.4 Å². The molecule has 7 heteroatoms. The minimum atomic E-state index is -1.28. The quantitative estimate of drug-likeness (QED) is 0.362. The Bertz CT molecular complexity index is 1120. The molecule has 0 spiro atoms. The summed E-state index contributed by atoms with van der Waals surface area (Å²) in [6.45, 7) is 15.8. The molecule has 40 heavy (non-hydrogen) atoms. The molecule has 0 amide bonds. The molecule has 0 aromatic rings. The number of ether oxygens (including phenoxy) is 3. The maximum atomic E-state index is 13.0. The molecule has 5 rings (SSSR count). The molecule has 3 fully saturated rings. The zero-order valence-electron chi connectivity index (χ0n) is 25.8. The number of ketones is 1. The highest BCUT2D eigenvalue weighted by Crippen LogP contribution is 2.72. The van der Waals surface area contributed by atoms with Gasteiger partial charge in [0, 0.05) is 30.8 Å². The van der Waals surface area contributed by atoms with Gasteiger partial charge in [0.2, 0.25) is 0 Å². The van der Waals surface area contributed by atoms with Crippen LogP contribution in [-0.4, -0.2) is 59.3 Å². The Morgan fingerprint density at radius 3 is 2.42 bits per heavy atom. The van der Waals surface area contributed by atoms with Gasteiger partial charge in [0.1, 0.15) is 12.2 Å². The molecular formula is C33H50O7. The second-order valence-corrected chi connectivity index (χ2v) is 15.2. The SMILES string of the molecule is CO[C@@H]1O[C@@H]([C@H](O)C(C)(C)O)C[C@@H]1[C@H]1CC=C2[C@@]3(C)[C@H](CC[C@@]21C)[C@@]1(C)C=CC(=O)C(C)(C)[C@@H]1C[C@H]3OC(C)=O. The van der Waals surface area contributed by atoms with Crippen LogP contribution in [0.1, 0.15) is 87.5 Å². The normalized spacial score (nSPS) is 46.7. The summed E-state index contributed by atoms with van der Waals surface area (Å²) < 4.78 is 18.2. The van der Waals surface area contributed by atoms with Gasteiger partial charge in [-0.1, -0.05) is 52.3 Å². The molecule has 1 aliphatic heterocycles. The second-order valence-electron chi connectivity index (χ2n) is 15.2. The third-order valence-corrected chi connectivity index (χ3v) is 12.3. The lowest BCUT2D eigenvalue weighted by molar-refractivity contribution is -0.193. The van der Waals surface area contributed by atoms with Gasteiger partial charge in [-0.2, -0.15) is 0 Å². The molecule has 0 radical (unpaired) electrons. The van der Waals surface area contributed by atoms with Crippen LogP contribution >= 0.6 is 0 Å². The van der Waals surface area contributed by atoms with E-state index in [9.17, 15) is 19.8 Å². The van der Waals surface area contributed by atoms with Crippen molar-refractivity contribution in [3.05, 3.63) is 23.8 Å². The highest BCUT2D eigenvalue weighted by Gasteiger charge is 2.69. The molecule has 0 aromatic carbocycles. The van der Waals surface area contributed by atoms with Gasteiger partial charge >= 0.3 is 5.97 Å². The molecule has 224 valence electrons. The number of allylic oxidation sites excluding steroid dienone is 3. The average Bonchev–Trinajstić information content (AvgIpc) is 3.43. The van der Waals surface area contributed by atoms with E-state index in [1.807, 2.05) is 0 Å². The standard InChI is InChI=1S/C33H50O7/c1-18(34)39-26-17-24-29(2,3)25(35)13-15-32(24,7)23-12-14-31(6)20(10-11-22(31)33(23,26)8)19-16-21(40-28(19)38-9)27(36)30(4,5)37/h11,13,15,19-21,23-24,26-28,36-37H,10,12,14,16-17H2,1-9H3/t19-,20-,21-,23-,24+,26-,27+,28-,31-,32-,33+/m1/s1. The molecule has 0 bridgehead atoms. The largest absolute Gasteiger partial charge is 0.462 e. The van der Waals surface area contributed by atoms with Gasteiger partial charge in [-0.15, -0.1) is 0 Å². The number of hydrogen-bond acceptors (Lipinski definition) is 7. The Morgan fingerprint density at radius 2 is 1.82 bits per heavy atom. The van der Waals surface area contributed by atoms with E-state index in [-0.39, 0.29) is 57.8 Å². The van der Waals surface area contributed by atoms with E-state index in [4.69, 9.17) is 14.2 Å². The lowest BCUT2D eigenvalue weighted by Gasteiger charge is -2.66. The number of aliphatic hydroxyl groups is 2. The van der Waals surface area contributed by atoms with Crippen molar-refractivity contribution in [1.29, 1.82) is 0 Å². The number of fused-ring (bicyclic) bond motifs is 5. The van der Waals surface area contributed by atoms with Gasteiger partial charge in [0.05, 0.1) is 11.7 Å². The van der Waals surface area contributed by atoms with Crippen LogP contribution in [0.2, 0.25) is 0 Å². The average molecular weight is 559 g/mol. The zero-order chi connectivity index (χ0) is 29.6. The highest BCUT2D eigenvalue weighted by molar-refractivity contribution is 5.95. The summed E-state index contributed by atoms with van der Waals surface area (Å²) in [5, 5.41) is 21.3. The Balaban J connectivity index is 1.53. The fourth-order valence-electron chi connectivity index (χ4n) is 10.3. The third-order valence-electron chi connectivity index (χ3n) is 12.3. The minimum absolute atomic E-state index is 0.0520. The Hall–Kier alpha value is -1.54. The lowest BCUT2D eigenvalue weighted by Crippen LogP contribution is -2.64. The number of esters is 1. The van der Waals surface area contributed by atoms with Crippen molar-refractivity contribution >= 4 is 11.8 Å². The number of rotatable bonds is 5. The lowest BCUT2D eigenvalue weighted by atomic mass is 9.38. The van der Waals surface area contributed by atoms with Gasteiger partial charge in [0.15, 0.2) is 12.1 Å². The Labute approximate surface area is 239 Å². The van der Waals surface area contributed by atoms with E-state index in [0.717, 1.165) is 19.3 Å². The Kier molecular flexibility index (Phi) is 7.10. The van der Waals surface area contributed by atoms with Gasteiger partial charge in [-0.25, -0.2) is 0 Å². The fraction of sp³-hybridized carbons (Fsp3) is 0.818. The zero-order valence-corrected chi connectivity index (χ0v) is 25.8. The van der Waals surface area contributed by atoms with Crippen molar-refractivity contribution in [3.63, 3.8) is 0 Å². The van der Waals surface area contributed by atoms with Crippen molar-refractivity contribution in [1.82, 2.24) is 0 Å².